The third kappa shape index (κ3) is 5.57. The van der Waals surface area contributed by atoms with Crippen LogP contribution in [-0.2, 0) is 11.3 Å². The van der Waals surface area contributed by atoms with Crippen LogP contribution in [0.1, 0.15) is 27.0 Å². The van der Waals surface area contributed by atoms with Crippen LogP contribution in [-0.4, -0.2) is 53.4 Å². The molecule has 1 radical (unpaired) electrons. The molecule has 5 heteroatoms. The average molecular weight is 375 g/mol. The number of hydrogen-bond donors (Lipinski definition) is 1. The molecule has 0 bridgehead atoms. The van der Waals surface area contributed by atoms with E-state index in [2.05, 4.69) is 4.90 Å². The molecule has 0 saturated carbocycles. The van der Waals surface area contributed by atoms with E-state index in [0.717, 1.165) is 29.8 Å². The van der Waals surface area contributed by atoms with Crippen molar-refractivity contribution < 1.29 is 14.8 Å². The van der Waals surface area contributed by atoms with Crippen LogP contribution in [0.4, 0.5) is 0 Å². The summed E-state index contributed by atoms with van der Waals surface area (Å²) in [7, 11) is 0. The van der Waals surface area contributed by atoms with E-state index in [4.69, 9.17) is 0 Å². The number of carbonyl (C=O) groups excluding carboxylic acids is 2. The SMILES string of the molecule is O=[C]/C=C/c1cccc(/C=C/C(=O)c2ccccc2CN2CCN(O)CC2)c1. The lowest BCUT2D eigenvalue weighted by molar-refractivity contribution is -0.118. The van der Waals surface area contributed by atoms with E-state index in [-0.39, 0.29) is 5.78 Å². The first-order valence-electron chi connectivity index (χ1n) is 9.26. The van der Waals surface area contributed by atoms with Gasteiger partial charge in [-0.15, -0.1) is 0 Å². The molecule has 5 nitrogen and oxygen atoms in total. The van der Waals surface area contributed by atoms with E-state index in [1.54, 1.807) is 24.5 Å². The average Bonchev–Trinajstić information content (AvgIpc) is 2.73. The largest absolute Gasteiger partial charge is 0.314 e. The second-order valence-electron chi connectivity index (χ2n) is 6.71. The normalized spacial score (nSPS) is 16.0. The fourth-order valence-electron chi connectivity index (χ4n) is 3.19. The van der Waals surface area contributed by atoms with Gasteiger partial charge in [-0.1, -0.05) is 54.6 Å². The molecular weight excluding hydrogens is 352 g/mol. The Labute approximate surface area is 165 Å². The van der Waals surface area contributed by atoms with Crippen molar-refractivity contribution in [1.29, 1.82) is 0 Å². The van der Waals surface area contributed by atoms with Crippen molar-refractivity contribution in [3.63, 3.8) is 0 Å². The second kappa shape index (κ2) is 9.90. The maximum absolute atomic E-state index is 12.8. The Kier molecular flexibility index (Phi) is 7.03. The van der Waals surface area contributed by atoms with Crippen LogP contribution in [0.3, 0.4) is 0 Å². The molecule has 0 aliphatic carbocycles. The topological polar surface area (TPSA) is 60.9 Å². The predicted octanol–water partition coefficient (Wildman–Crippen LogP) is 3.21. The van der Waals surface area contributed by atoms with Crippen LogP contribution >= 0.6 is 0 Å². The van der Waals surface area contributed by atoms with Gasteiger partial charge in [0.05, 0.1) is 0 Å². The lowest BCUT2D eigenvalue weighted by atomic mass is 10.0. The molecule has 2 aromatic carbocycles. The highest BCUT2D eigenvalue weighted by molar-refractivity contribution is 6.07. The number of nitrogens with zero attached hydrogens (tertiary/aromatic N) is 2. The minimum Gasteiger partial charge on any atom is -0.314 e. The summed E-state index contributed by atoms with van der Waals surface area (Å²) >= 11 is 0. The van der Waals surface area contributed by atoms with Gasteiger partial charge in [0, 0.05) is 38.3 Å². The Morgan fingerprint density at radius 3 is 2.46 bits per heavy atom. The standard InChI is InChI=1S/C23H23N2O3/c26-16-4-7-19-5-3-6-20(17-19)10-11-23(27)22-9-2-1-8-21(22)18-24-12-14-25(28)15-13-24/h1-11,17,28H,12-15,18H2/b7-4+,11-10+. The summed E-state index contributed by atoms with van der Waals surface area (Å²) in [5.74, 6) is -0.0430. The molecule has 1 N–H and O–H groups in total. The minimum absolute atomic E-state index is 0.0430. The van der Waals surface area contributed by atoms with Crippen molar-refractivity contribution in [1.82, 2.24) is 9.96 Å². The Bertz CT molecular complexity index is 881. The van der Waals surface area contributed by atoms with Gasteiger partial charge in [-0.25, -0.2) is 0 Å². The highest BCUT2D eigenvalue weighted by Crippen LogP contribution is 2.16. The Morgan fingerprint density at radius 1 is 1.00 bits per heavy atom. The van der Waals surface area contributed by atoms with E-state index in [9.17, 15) is 14.8 Å². The van der Waals surface area contributed by atoms with E-state index in [0.29, 0.717) is 25.2 Å². The molecule has 1 fully saturated rings. The number of rotatable bonds is 7. The van der Waals surface area contributed by atoms with Crippen LogP contribution in [0.25, 0.3) is 12.2 Å². The molecular formula is C23H23N2O3. The van der Waals surface area contributed by atoms with Crippen LogP contribution in [0.5, 0.6) is 0 Å². The van der Waals surface area contributed by atoms with Gasteiger partial charge in [0.15, 0.2) is 5.78 Å². The number of hydroxylamine groups is 2. The maximum Gasteiger partial charge on any atom is 0.225 e. The van der Waals surface area contributed by atoms with Gasteiger partial charge in [0.1, 0.15) is 0 Å². The van der Waals surface area contributed by atoms with Gasteiger partial charge in [0.25, 0.3) is 0 Å². The first-order chi connectivity index (χ1) is 13.7. The van der Waals surface area contributed by atoms with Crippen LogP contribution in [0.2, 0.25) is 0 Å². The number of allylic oxidation sites excluding steroid dienone is 2. The smallest absolute Gasteiger partial charge is 0.225 e. The molecule has 0 aromatic heterocycles. The van der Waals surface area contributed by atoms with Gasteiger partial charge in [0.2, 0.25) is 6.29 Å². The van der Waals surface area contributed by atoms with Gasteiger partial charge in [-0.3, -0.25) is 14.5 Å². The van der Waals surface area contributed by atoms with Gasteiger partial charge in [-0.05, 0) is 34.9 Å². The van der Waals surface area contributed by atoms with Crippen molar-refractivity contribution >= 4 is 24.2 Å². The quantitative estimate of drug-likeness (QED) is 0.595. The summed E-state index contributed by atoms with van der Waals surface area (Å²) in [6.07, 6.45) is 8.09. The zero-order valence-corrected chi connectivity index (χ0v) is 15.6. The zero-order valence-electron chi connectivity index (χ0n) is 15.6. The molecule has 3 rings (SSSR count). The second-order valence-corrected chi connectivity index (χ2v) is 6.71. The molecule has 0 atom stereocenters. The number of benzene rings is 2. The first-order valence-corrected chi connectivity index (χ1v) is 9.26. The third-order valence-electron chi connectivity index (χ3n) is 4.71. The van der Waals surface area contributed by atoms with Crippen molar-refractivity contribution in [2.24, 2.45) is 0 Å². The molecule has 2 aromatic rings. The number of ketones is 1. The first kappa shape index (κ1) is 19.9. The fourth-order valence-corrected chi connectivity index (χ4v) is 3.19. The fraction of sp³-hybridized carbons (Fsp3) is 0.217. The predicted molar refractivity (Wildman–Crippen MR) is 110 cm³/mol. The highest BCUT2D eigenvalue weighted by Gasteiger charge is 2.17. The van der Waals surface area contributed by atoms with Crippen LogP contribution in [0, 0.1) is 0 Å². The summed E-state index contributed by atoms with van der Waals surface area (Å²) in [5, 5.41) is 10.8. The van der Waals surface area contributed by atoms with Gasteiger partial charge in [-0.2, -0.15) is 5.06 Å². The van der Waals surface area contributed by atoms with E-state index < -0.39 is 0 Å². The maximum atomic E-state index is 12.8. The van der Waals surface area contributed by atoms with Gasteiger partial charge < -0.3 is 5.21 Å². The lowest BCUT2D eigenvalue weighted by Gasteiger charge is -2.31. The van der Waals surface area contributed by atoms with Gasteiger partial charge >= 0.3 is 0 Å². The number of piperazine rings is 1. The summed E-state index contributed by atoms with van der Waals surface area (Å²) in [4.78, 5) is 25.3. The molecule has 1 aliphatic rings. The van der Waals surface area contributed by atoms with Crippen molar-refractivity contribution in [2.45, 2.75) is 6.54 Å². The van der Waals surface area contributed by atoms with Crippen molar-refractivity contribution in [3.8, 4) is 0 Å². The molecule has 0 amide bonds. The summed E-state index contributed by atoms with van der Waals surface area (Å²) < 4.78 is 0. The number of hydrogen-bond acceptors (Lipinski definition) is 5. The lowest BCUT2D eigenvalue weighted by Crippen LogP contribution is -2.44. The molecule has 1 aliphatic heterocycles. The highest BCUT2D eigenvalue weighted by atomic mass is 16.5. The zero-order chi connectivity index (χ0) is 19.8. The minimum atomic E-state index is -0.0430. The van der Waals surface area contributed by atoms with E-state index in [1.165, 1.54) is 11.1 Å². The molecule has 1 heterocycles. The molecule has 1 saturated heterocycles. The Hall–Kier alpha value is -2.86. The third-order valence-corrected chi connectivity index (χ3v) is 4.71. The van der Waals surface area contributed by atoms with Crippen molar-refractivity contribution in [3.05, 3.63) is 82.9 Å². The molecule has 28 heavy (non-hydrogen) atoms. The molecule has 143 valence electrons. The van der Waals surface area contributed by atoms with E-state index in [1.807, 2.05) is 48.5 Å². The van der Waals surface area contributed by atoms with E-state index >= 15 is 0 Å². The Balaban J connectivity index is 1.71. The summed E-state index contributed by atoms with van der Waals surface area (Å²) in [6.45, 7) is 3.46. The van der Waals surface area contributed by atoms with Crippen molar-refractivity contribution in [2.75, 3.05) is 26.2 Å². The summed E-state index contributed by atoms with van der Waals surface area (Å²) in [6, 6.07) is 15.2. The molecule has 0 spiro atoms. The molecule has 0 unspecified atom stereocenters. The van der Waals surface area contributed by atoms with Crippen LogP contribution in [0.15, 0.2) is 60.7 Å². The monoisotopic (exact) mass is 375 g/mol. The summed E-state index contributed by atoms with van der Waals surface area (Å²) in [5.41, 5.74) is 3.44. The van der Waals surface area contributed by atoms with Crippen LogP contribution < -0.4 is 0 Å². The Morgan fingerprint density at radius 2 is 1.71 bits per heavy atom. The number of carbonyl (C=O) groups is 1.